The third-order valence-corrected chi connectivity index (χ3v) is 5.14. The van der Waals surface area contributed by atoms with E-state index in [2.05, 4.69) is 76.3 Å². The van der Waals surface area contributed by atoms with Gasteiger partial charge in [0.1, 0.15) is 5.75 Å². The summed E-state index contributed by atoms with van der Waals surface area (Å²) in [6, 6.07) is 24.6. The molecule has 0 bridgehead atoms. The quantitative estimate of drug-likeness (QED) is 0.281. The zero-order chi connectivity index (χ0) is 17.2. The van der Waals surface area contributed by atoms with Crippen molar-refractivity contribution in [3.8, 4) is 17.6 Å². The highest BCUT2D eigenvalue weighted by Gasteiger charge is 2.10. The molecule has 0 saturated carbocycles. The van der Waals surface area contributed by atoms with Gasteiger partial charge in [-0.05, 0) is 61.7 Å². The summed E-state index contributed by atoms with van der Waals surface area (Å²) in [6.07, 6.45) is 0. The summed E-state index contributed by atoms with van der Waals surface area (Å²) in [6.45, 7) is 0. The third kappa shape index (κ3) is 2.88. The van der Waals surface area contributed by atoms with E-state index in [0.29, 0.717) is 0 Å². The van der Waals surface area contributed by atoms with Crippen LogP contribution in [-0.2, 0) is 0 Å². The minimum absolute atomic E-state index is 0.838. The molecule has 25 heavy (non-hydrogen) atoms. The minimum Gasteiger partial charge on any atom is -0.497 e. The van der Waals surface area contributed by atoms with E-state index >= 15 is 0 Å². The molecule has 0 N–H and O–H groups in total. The van der Waals surface area contributed by atoms with Crippen molar-refractivity contribution >= 4 is 37.5 Å². The van der Waals surface area contributed by atoms with Gasteiger partial charge in [-0.1, -0.05) is 60.4 Å². The Morgan fingerprint density at radius 2 is 1.20 bits per heavy atom. The van der Waals surface area contributed by atoms with Gasteiger partial charge < -0.3 is 4.74 Å². The van der Waals surface area contributed by atoms with Crippen molar-refractivity contribution in [1.29, 1.82) is 0 Å². The molecule has 0 unspecified atom stereocenters. The number of hydrogen-bond donors (Lipinski definition) is 0. The molecule has 0 atom stereocenters. The first-order valence-corrected chi connectivity index (χ1v) is 8.82. The maximum Gasteiger partial charge on any atom is 0.118 e. The van der Waals surface area contributed by atoms with Gasteiger partial charge in [-0.25, -0.2) is 0 Å². The standard InChI is InChI=1S/C23H15BrO/c1-25-17-13-10-16(11-14-17)12-15-20-18-6-2-4-8-21(18)23(24)22-9-5-3-7-19(20)22/h2-11,13-14H,1H3. The molecular formula is C23H15BrO. The zero-order valence-electron chi connectivity index (χ0n) is 13.7. The summed E-state index contributed by atoms with van der Waals surface area (Å²) in [5.74, 6) is 7.53. The fraction of sp³-hybridized carbons (Fsp3) is 0.0435. The van der Waals surface area contributed by atoms with Gasteiger partial charge in [0, 0.05) is 15.6 Å². The first-order valence-electron chi connectivity index (χ1n) is 8.03. The molecule has 2 heteroatoms. The monoisotopic (exact) mass is 386 g/mol. The van der Waals surface area contributed by atoms with Gasteiger partial charge in [0.25, 0.3) is 0 Å². The summed E-state index contributed by atoms with van der Waals surface area (Å²) in [5, 5.41) is 4.68. The molecule has 4 aromatic carbocycles. The molecule has 0 aromatic heterocycles. The molecule has 0 heterocycles. The van der Waals surface area contributed by atoms with Crippen LogP contribution in [0.15, 0.2) is 77.3 Å². The number of fused-ring (bicyclic) bond motifs is 2. The normalized spacial score (nSPS) is 10.5. The van der Waals surface area contributed by atoms with Crippen molar-refractivity contribution in [2.24, 2.45) is 0 Å². The molecule has 0 aliphatic heterocycles. The number of methoxy groups -OCH3 is 1. The molecule has 1 nitrogen and oxygen atoms in total. The largest absolute Gasteiger partial charge is 0.497 e. The van der Waals surface area contributed by atoms with Crippen LogP contribution in [0, 0.1) is 11.8 Å². The van der Waals surface area contributed by atoms with Crippen molar-refractivity contribution < 1.29 is 4.74 Å². The Morgan fingerprint density at radius 3 is 1.72 bits per heavy atom. The highest BCUT2D eigenvalue weighted by molar-refractivity contribution is 9.10. The van der Waals surface area contributed by atoms with Crippen LogP contribution < -0.4 is 4.74 Å². The molecule has 0 amide bonds. The lowest BCUT2D eigenvalue weighted by Crippen LogP contribution is -1.87. The van der Waals surface area contributed by atoms with Crippen LogP contribution in [0.5, 0.6) is 5.75 Å². The molecule has 120 valence electrons. The van der Waals surface area contributed by atoms with E-state index in [0.717, 1.165) is 32.1 Å². The highest BCUT2D eigenvalue weighted by Crippen LogP contribution is 2.35. The average molecular weight is 387 g/mol. The van der Waals surface area contributed by atoms with Crippen molar-refractivity contribution in [3.63, 3.8) is 0 Å². The lowest BCUT2D eigenvalue weighted by atomic mass is 9.97. The lowest BCUT2D eigenvalue weighted by Gasteiger charge is -2.09. The molecule has 4 rings (SSSR count). The van der Waals surface area contributed by atoms with Crippen molar-refractivity contribution in [3.05, 3.63) is 88.4 Å². The van der Waals surface area contributed by atoms with E-state index < -0.39 is 0 Å². The number of rotatable bonds is 1. The van der Waals surface area contributed by atoms with Gasteiger partial charge in [0.15, 0.2) is 0 Å². The van der Waals surface area contributed by atoms with Gasteiger partial charge in [-0.3, -0.25) is 0 Å². The van der Waals surface area contributed by atoms with E-state index in [1.54, 1.807) is 7.11 Å². The number of hydrogen-bond acceptors (Lipinski definition) is 1. The van der Waals surface area contributed by atoms with E-state index in [4.69, 9.17) is 4.74 Å². The third-order valence-electron chi connectivity index (χ3n) is 4.29. The molecule has 0 aliphatic carbocycles. The molecule has 0 fully saturated rings. The van der Waals surface area contributed by atoms with E-state index in [1.165, 1.54) is 10.8 Å². The van der Waals surface area contributed by atoms with E-state index in [9.17, 15) is 0 Å². The summed E-state index contributed by atoms with van der Waals surface area (Å²) in [4.78, 5) is 0. The smallest absolute Gasteiger partial charge is 0.118 e. The van der Waals surface area contributed by atoms with Crippen molar-refractivity contribution in [1.82, 2.24) is 0 Å². The van der Waals surface area contributed by atoms with Gasteiger partial charge in [-0.15, -0.1) is 0 Å². The Morgan fingerprint density at radius 1 is 0.680 bits per heavy atom. The second kappa shape index (κ2) is 6.63. The maximum atomic E-state index is 5.21. The van der Waals surface area contributed by atoms with Crippen molar-refractivity contribution in [2.75, 3.05) is 7.11 Å². The highest BCUT2D eigenvalue weighted by atomic mass is 79.9. The molecule has 0 spiro atoms. The van der Waals surface area contributed by atoms with Crippen LogP contribution in [-0.4, -0.2) is 7.11 Å². The van der Waals surface area contributed by atoms with Gasteiger partial charge in [-0.2, -0.15) is 0 Å². The first kappa shape index (κ1) is 15.7. The van der Waals surface area contributed by atoms with Crippen LogP contribution in [0.4, 0.5) is 0 Å². The Bertz CT molecular complexity index is 1070. The van der Waals surface area contributed by atoms with Gasteiger partial charge >= 0.3 is 0 Å². The minimum atomic E-state index is 0.838. The number of benzene rings is 4. The predicted octanol–water partition coefficient (Wildman–Crippen LogP) is 6.16. The van der Waals surface area contributed by atoms with Gasteiger partial charge in [0.05, 0.1) is 7.11 Å². The van der Waals surface area contributed by atoms with E-state index in [1.807, 2.05) is 24.3 Å². The second-order valence-electron chi connectivity index (χ2n) is 5.76. The van der Waals surface area contributed by atoms with Crippen LogP contribution >= 0.6 is 15.9 Å². The number of halogens is 1. The number of ether oxygens (including phenoxy) is 1. The van der Waals surface area contributed by atoms with Crippen LogP contribution in [0.2, 0.25) is 0 Å². The summed E-state index contributed by atoms with van der Waals surface area (Å²) >= 11 is 3.77. The zero-order valence-corrected chi connectivity index (χ0v) is 15.3. The lowest BCUT2D eigenvalue weighted by molar-refractivity contribution is 0.415. The fourth-order valence-electron chi connectivity index (χ4n) is 3.02. The Labute approximate surface area is 155 Å². The SMILES string of the molecule is COc1ccc(C#Cc2c3ccccc3c(Br)c3ccccc23)cc1. The fourth-order valence-corrected chi connectivity index (χ4v) is 3.71. The van der Waals surface area contributed by atoms with Crippen molar-refractivity contribution in [2.45, 2.75) is 0 Å². The van der Waals surface area contributed by atoms with Crippen LogP contribution in [0.3, 0.4) is 0 Å². The molecule has 0 aliphatic rings. The Kier molecular flexibility index (Phi) is 4.17. The molecular weight excluding hydrogens is 372 g/mol. The Balaban J connectivity index is 1.96. The van der Waals surface area contributed by atoms with Crippen LogP contribution in [0.25, 0.3) is 21.5 Å². The topological polar surface area (TPSA) is 9.23 Å². The molecule has 4 aromatic rings. The Hall–Kier alpha value is -2.76. The summed E-state index contributed by atoms with van der Waals surface area (Å²) < 4.78 is 6.33. The van der Waals surface area contributed by atoms with E-state index in [-0.39, 0.29) is 0 Å². The maximum absolute atomic E-state index is 5.21. The average Bonchev–Trinajstić information content (AvgIpc) is 2.68. The molecule has 0 saturated heterocycles. The molecule has 0 radical (unpaired) electrons. The second-order valence-corrected chi connectivity index (χ2v) is 6.55. The predicted molar refractivity (Wildman–Crippen MR) is 108 cm³/mol. The van der Waals surface area contributed by atoms with Crippen LogP contribution in [0.1, 0.15) is 11.1 Å². The summed E-state index contributed by atoms with van der Waals surface area (Å²) in [7, 11) is 1.67. The van der Waals surface area contributed by atoms with Gasteiger partial charge in [0.2, 0.25) is 0 Å². The summed E-state index contributed by atoms with van der Waals surface area (Å²) in [5.41, 5.74) is 2.03. The first-order chi connectivity index (χ1) is 12.3.